The number of nitrogens with two attached hydrogens (primary N) is 1. The number of benzene rings is 1. The Morgan fingerprint density at radius 3 is 2.67 bits per heavy atom. The van der Waals surface area contributed by atoms with Crippen molar-refractivity contribution in [3.63, 3.8) is 0 Å². The third-order valence-electron chi connectivity index (χ3n) is 3.51. The van der Waals surface area contributed by atoms with Gasteiger partial charge in [-0.2, -0.15) is 0 Å². The summed E-state index contributed by atoms with van der Waals surface area (Å²) >= 11 is 0. The van der Waals surface area contributed by atoms with Crippen LogP contribution in [0.2, 0.25) is 0 Å². The maximum absolute atomic E-state index is 12.0. The van der Waals surface area contributed by atoms with Crippen molar-refractivity contribution in [2.45, 2.75) is 31.7 Å². The Morgan fingerprint density at radius 2 is 2.06 bits per heavy atom. The highest BCUT2D eigenvalue weighted by atomic mass is 16.2. The molecule has 1 aromatic rings. The number of likely N-dealkylation sites (N-methyl/N-ethyl adjacent to an activating group) is 1. The van der Waals surface area contributed by atoms with Crippen LogP contribution in [0.3, 0.4) is 0 Å². The van der Waals surface area contributed by atoms with Gasteiger partial charge >= 0.3 is 0 Å². The first-order valence-electron chi connectivity index (χ1n) is 6.71. The van der Waals surface area contributed by atoms with Crippen molar-refractivity contribution < 1.29 is 4.79 Å². The van der Waals surface area contributed by atoms with Crippen LogP contribution < -0.4 is 5.73 Å². The molecule has 18 heavy (non-hydrogen) atoms. The molecule has 3 nitrogen and oxygen atoms in total. The summed E-state index contributed by atoms with van der Waals surface area (Å²) in [5.74, 6) is 0.804. The second kappa shape index (κ2) is 6.01. The van der Waals surface area contributed by atoms with Crippen LogP contribution in [0, 0.1) is 5.92 Å². The lowest BCUT2D eigenvalue weighted by Gasteiger charge is -2.21. The van der Waals surface area contributed by atoms with E-state index in [1.54, 1.807) is 4.90 Å². The fraction of sp³-hybridized carbons (Fsp3) is 0.533. The zero-order valence-corrected chi connectivity index (χ0v) is 11.0. The third-order valence-corrected chi connectivity index (χ3v) is 3.51. The molecule has 98 valence electrons. The van der Waals surface area contributed by atoms with Crippen LogP contribution in [0.25, 0.3) is 0 Å². The molecule has 0 saturated heterocycles. The predicted molar refractivity (Wildman–Crippen MR) is 73.1 cm³/mol. The Labute approximate surface area is 109 Å². The molecule has 0 unspecified atom stereocenters. The van der Waals surface area contributed by atoms with Crippen LogP contribution in [-0.2, 0) is 11.2 Å². The smallest absolute Gasteiger partial charge is 0.239 e. The van der Waals surface area contributed by atoms with Gasteiger partial charge in [-0.1, -0.05) is 30.3 Å². The summed E-state index contributed by atoms with van der Waals surface area (Å²) in [6, 6.07) is 9.81. The van der Waals surface area contributed by atoms with Gasteiger partial charge in [-0.3, -0.25) is 4.79 Å². The molecule has 1 aliphatic rings. The molecule has 1 saturated carbocycles. The summed E-state index contributed by atoms with van der Waals surface area (Å²) < 4.78 is 0. The molecule has 2 rings (SSSR count). The number of rotatable bonds is 6. The molecule has 1 fully saturated rings. The van der Waals surface area contributed by atoms with E-state index in [2.05, 4.69) is 12.1 Å². The van der Waals surface area contributed by atoms with Gasteiger partial charge in [0.25, 0.3) is 0 Å². The number of hydrogen-bond donors (Lipinski definition) is 1. The topological polar surface area (TPSA) is 46.3 Å². The van der Waals surface area contributed by atoms with Gasteiger partial charge in [0, 0.05) is 13.6 Å². The minimum atomic E-state index is -0.367. The number of nitrogens with zero attached hydrogens (tertiary/aromatic N) is 1. The molecule has 1 amide bonds. The maximum atomic E-state index is 12.0. The molecule has 0 aromatic heterocycles. The van der Waals surface area contributed by atoms with E-state index >= 15 is 0 Å². The molecule has 2 N–H and O–H groups in total. The Bertz CT molecular complexity index is 387. The summed E-state index contributed by atoms with van der Waals surface area (Å²) in [4.78, 5) is 13.8. The van der Waals surface area contributed by atoms with E-state index in [1.165, 1.54) is 18.4 Å². The Hall–Kier alpha value is -1.35. The van der Waals surface area contributed by atoms with Gasteiger partial charge in [0.05, 0.1) is 6.04 Å². The minimum Gasteiger partial charge on any atom is -0.344 e. The van der Waals surface area contributed by atoms with Crippen molar-refractivity contribution in [2.75, 3.05) is 13.6 Å². The molecule has 1 aromatic carbocycles. The quantitative estimate of drug-likeness (QED) is 0.832. The molecule has 1 aliphatic carbocycles. The zero-order chi connectivity index (χ0) is 13.0. The molecule has 0 heterocycles. The van der Waals surface area contributed by atoms with Crippen LogP contribution in [0.4, 0.5) is 0 Å². The standard InChI is InChI=1S/C15H22N2O/c1-17(11-13-7-8-13)15(18)14(16)10-9-12-5-3-2-4-6-12/h2-6,13-14H,7-11,16H2,1H3/t14-/m0/s1. The largest absolute Gasteiger partial charge is 0.344 e. The summed E-state index contributed by atoms with van der Waals surface area (Å²) in [6.45, 7) is 0.873. The van der Waals surface area contributed by atoms with E-state index in [9.17, 15) is 4.79 Å². The average molecular weight is 246 g/mol. The van der Waals surface area contributed by atoms with Gasteiger partial charge < -0.3 is 10.6 Å². The van der Waals surface area contributed by atoms with Crippen LogP contribution >= 0.6 is 0 Å². The normalized spacial score (nSPS) is 16.3. The average Bonchev–Trinajstić information content (AvgIpc) is 3.20. The van der Waals surface area contributed by atoms with Crippen LogP contribution in [-0.4, -0.2) is 30.4 Å². The number of amides is 1. The molecular formula is C15H22N2O. The van der Waals surface area contributed by atoms with Crippen molar-refractivity contribution in [1.82, 2.24) is 4.90 Å². The predicted octanol–water partition coefficient (Wildman–Crippen LogP) is 1.81. The lowest BCUT2D eigenvalue weighted by atomic mass is 10.0. The van der Waals surface area contributed by atoms with E-state index in [-0.39, 0.29) is 11.9 Å². The third kappa shape index (κ3) is 3.84. The first-order chi connectivity index (χ1) is 8.66. The fourth-order valence-electron chi connectivity index (χ4n) is 2.15. The molecule has 3 heteroatoms. The summed E-state index contributed by atoms with van der Waals surface area (Å²) in [6.07, 6.45) is 4.11. The second-order valence-electron chi connectivity index (χ2n) is 5.29. The monoisotopic (exact) mass is 246 g/mol. The van der Waals surface area contributed by atoms with Crippen molar-refractivity contribution in [3.05, 3.63) is 35.9 Å². The summed E-state index contributed by atoms with van der Waals surface area (Å²) in [7, 11) is 1.86. The number of carbonyl (C=O) groups excluding carboxylic acids is 1. The molecule has 0 bridgehead atoms. The fourth-order valence-corrected chi connectivity index (χ4v) is 2.15. The minimum absolute atomic E-state index is 0.0813. The number of hydrogen-bond acceptors (Lipinski definition) is 2. The van der Waals surface area contributed by atoms with Crippen molar-refractivity contribution in [3.8, 4) is 0 Å². The molecule has 0 radical (unpaired) electrons. The van der Waals surface area contributed by atoms with E-state index < -0.39 is 0 Å². The van der Waals surface area contributed by atoms with Crippen LogP contribution in [0.1, 0.15) is 24.8 Å². The van der Waals surface area contributed by atoms with Crippen LogP contribution in [0.15, 0.2) is 30.3 Å². The SMILES string of the molecule is CN(CC1CC1)C(=O)[C@@H](N)CCc1ccccc1. The maximum Gasteiger partial charge on any atom is 0.239 e. The van der Waals surface area contributed by atoms with Gasteiger partial charge in [0.15, 0.2) is 0 Å². The number of carbonyl (C=O) groups is 1. The van der Waals surface area contributed by atoms with Gasteiger partial charge in [-0.05, 0) is 37.2 Å². The molecular weight excluding hydrogens is 224 g/mol. The highest BCUT2D eigenvalue weighted by Crippen LogP contribution is 2.29. The summed E-state index contributed by atoms with van der Waals surface area (Å²) in [5, 5.41) is 0. The molecule has 0 spiro atoms. The van der Waals surface area contributed by atoms with E-state index in [4.69, 9.17) is 5.73 Å². The highest BCUT2D eigenvalue weighted by Gasteiger charge is 2.26. The Morgan fingerprint density at radius 1 is 1.39 bits per heavy atom. The Balaban J connectivity index is 1.76. The van der Waals surface area contributed by atoms with E-state index in [1.807, 2.05) is 25.2 Å². The molecule has 1 atom stereocenters. The highest BCUT2D eigenvalue weighted by molar-refractivity contribution is 5.81. The Kier molecular flexibility index (Phi) is 4.37. The molecule has 0 aliphatic heterocycles. The lowest BCUT2D eigenvalue weighted by Crippen LogP contribution is -2.42. The zero-order valence-electron chi connectivity index (χ0n) is 11.0. The van der Waals surface area contributed by atoms with Gasteiger partial charge in [0.2, 0.25) is 5.91 Å². The second-order valence-corrected chi connectivity index (χ2v) is 5.29. The van der Waals surface area contributed by atoms with Crippen molar-refractivity contribution >= 4 is 5.91 Å². The number of aryl methyl sites for hydroxylation is 1. The first kappa shape index (κ1) is 13.1. The van der Waals surface area contributed by atoms with Gasteiger partial charge in [-0.25, -0.2) is 0 Å². The van der Waals surface area contributed by atoms with Gasteiger partial charge in [0.1, 0.15) is 0 Å². The van der Waals surface area contributed by atoms with Crippen molar-refractivity contribution in [2.24, 2.45) is 11.7 Å². The van der Waals surface area contributed by atoms with Crippen molar-refractivity contribution in [1.29, 1.82) is 0 Å². The summed E-state index contributed by atoms with van der Waals surface area (Å²) in [5.41, 5.74) is 7.21. The lowest BCUT2D eigenvalue weighted by molar-refractivity contribution is -0.131. The van der Waals surface area contributed by atoms with Crippen LogP contribution in [0.5, 0.6) is 0 Å². The van der Waals surface area contributed by atoms with E-state index in [0.29, 0.717) is 0 Å². The van der Waals surface area contributed by atoms with Gasteiger partial charge in [-0.15, -0.1) is 0 Å². The first-order valence-corrected chi connectivity index (χ1v) is 6.71. The van der Waals surface area contributed by atoms with E-state index in [0.717, 1.165) is 25.3 Å².